The molecule has 0 bridgehead atoms. The minimum absolute atomic E-state index is 0.00832. The summed E-state index contributed by atoms with van der Waals surface area (Å²) in [5, 5.41) is 0. The van der Waals surface area contributed by atoms with Crippen LogP contribution in [0.3, 0.4) is 0 Å². The lowest BCUT2D eigenvalue weighted by Gasteiger charge is -2.14. The van der Waals surface area contributed by atoms with Gasteiger partial charge in [0.15, 0.2) is 23.1 Å². The van der Waals surface area contributed by atoms with Crippen molar-refractivity contribution in [3.05, 3.63) is 83.9 Å². The van der Waals surface area contributed by atoms with Crippen molar-refractivity contribution in [2.75, 3.05) is 6.79 Å². The van der Waals surface area contributed by atoms with E-state index in [0.717, 1.165) is 11.3 Å². The molecule has 4 aromatic rings. The fourth-order valence-electron chi connectivity index (χ4n) is 3.41. The van der Waals surface area contributed by atoms with Crippen LogP contribution in [0.15, 0.2) is 61.2 Å². The van der Waals surface area contributed by atoms with E-state index in [1.165, 1.54) is 0 Å². The molecule has 5 rings (SSSR count). The number of fused-ring (bicyclic) bond motifs is 1. The molecule has 0 radical (unpaired) electrons. The maximum Gasteiger partial charge on any atom is 0.259 e. The van der Waals surface area contributed by atoms with Crippen LogP contribution in [0, 0.1) is 11.6 Å². The number of hydrogen-bond acceptors (Lipinski definition) is 6. The molecule has 0 spiro atoms. The Morgan fingerprint density at radius 1 is 1.00 bits per heavy atom. The third-order valence-electron chi connectivity index (χ3n) is 5.13. The van der Waals surface area contributed by atoms with Gasteiger partial charge < -0.3 is 23.5 Å². The number of pyridine rings is 1. The summed E-state index contributed by atoms with van der Waals surface area (Å²) in [6, 6.07) is 12.2. The molecular formula is C24H19F2N3O4. The molecule has 0 aliphatic carbocycles. The summed E-state index contributed by atoms with van der Waals surface area (Å²) in [5.74, 6) is -0.836. The smallest absolute Gasteiger partial charge is 0.259 e. The molecule has 1 aliphatic rings. The number of halogens is 2. The van der Waals surface area contributed by atoms with Crippen molar-refractivity contribution >= 4 is 0 Å². The zero-order valence-corrected chi connectivity index (χ0v) is 17.6. The van der Waals surface area contributed by atoms with E-state index in [1.54, 1.807) is 68.1 Å². The Kier molecular flexibility index (Phi) is 5.52. The van der Waals surface area contributed by atoms with Gasteiger partial charge in [-0.25, -0.2) is 13.8 Å². The summed E-state index contributed by atoms with van der Waals surface area (Å²) in [4.78, 5) is 7.97. The number of benzene rings is 2. The highest BCUT2D eigenvalue weighted by Gasteiger charge is 2.22. The van der Waals surface area contributed by atoms with E-state index >= 15 is 0 Å². The zero-order chi connectivity index (χ0) is 22.8. The van der Waals surface area contributed by atoms with E-state index in [2.05, 4.69) is 9.97 Å². The normalized spacial score (nSPS) is 12.1. The fraction of sp³-hybridized carbons (Fsp3) is 0.167. The summed E-state index contributed by atoms with van der Waals surface area (Å²) in [5.41, 5.74) is 1.42. The number of ether oxygens (including phenoxy) is 4. The van der Waals surface area contributed by atoms with Crippen LogP contribution in [0.25, 0.3) is 5.69 Å². The van der Waals surface area contributed by atoms with Gasteiger partial charge in [-0.2, -0.15) is 4.98 Å². The lowest BCUT2D eigenvalue weighted by Crippen LogP contribution is -2.07. The third kappa shape index (κ3) is 4.17. The van der Waals surface area contributed by atoms with Crippen molar-refractivity contribution in [1.82, 2.24) is 14.5 Å². The van der Waals surface area contributed by atoms with Gasteiger partial charge in [0.2, 0.25) is 6.79 Å². The molecule has 3 heterocycles. The van der Waals surface area contributed by atoms with Crippen molar-refractivity contribution < 1.29 is 27.7 Å². The molecule has 1 aliphatic heterocycles. The van der Waals surface area contributed by atoms with Gasteiger partial charge in [0, 0.05) is 23.6 Å². The maximum absolute atomic E-state index is 14.9. The first-order valence-electron chi connectivity index (χ1n) is 10.3. The Morgan fingerprint density at radius 3 is 2.55 bits per heavy atom. The second-order valence-electron chi connectivity index (χ2n) is 7.22. The van der Waals surface area contributed by atoms with Crippen LogP contribution in [0.1, 0.15) is 18.1 Å². The van der Waals surface area contributed by atoms with Crippen molar-refractivity contribution in [2.24, 2.45) is 0 Å². The van der Waals surface area contributed by atoms with Crippen molar-refractivity contribution in [3.63, 3.8) is 0 Å². The first-order chi connectivity index (χ1) is 16.1. The Balaban J connectivity index is 1.38. The Bertz CT molecular complexity index is 1280. The maximum atomic E-state index is 14.9. The van der Waals surface area contributed by atoms with Gasteiger partial charge in [0.25, 0.3) is 11.8 Å². The van der Waals surface area contributed by atoms with Gasteiger partial charge in [0.1, 0.15) is 12.4 Å². The quantitative estimate of drug-likeness (QED) is 0.384. The molecule has 0 amide bonds. The minimum Gasteiger partial charge on any atom is -0.471 e. The summed E-state index contributed by atoms with van der Waals surface area (Å²) in [6.45, 7) is 1.80. The second kappa shape index (κ2) is 8.78. The largest absolute Gasteiger partial charge is 0.471 e. The number of hydrogen-bond donors (Lipinski definition) is 0. The molecule has 0 fully saturated rings. The summed E-state index contributed by atoms with van der Waals surface area (Å²) < 4.78 is 53.4. The van der Waals surface area contributed by atoms with Crippen LogP contribution < -0.4 is 18.9 Å². The van der Waals surface area contributed by atoms with E-state index in [9.17, 15) is 8.78 Å². The lowest BCUT2D eigenvalue weighted by molar-refractivity contribution is 0.174. The number of nitrogens with zero attached hydrogens (tertiary/aromatic N) is 3. The van der Waals surface area contributed by atoms with Crippen LogP contribution >= 0.6 is 0 Å². The summed E-state index contributed by atoms with van der Waals surface area (Å²) in [7, 11) is 0. The fourth-order valence-corrected chi connectivity index (χ4v) is 3.41. The van der Waals surface area contributed by atoms with Gasteiger partial charge in [-0.3, -0.25) is 0 Å². The molecular weight excluding hydrogens is 432 g/mol. The Hall–Kier alpha value is -4.14. The molecule has 0 atom stereocenters. The average Bonchev–Trinajstić information content (AvgIpc) is 3.53. The predicted molar refractivity (Wildman–Crippen MR) is 114 cm³/mol. The molecule has 0 saturated carbocycles. The molecule has 0 unspecified atom stereocenters. The highest BCUT2D eigenvalue weighted by molar-refractivity contribution is 5.44. The average molecular weight is 451 g/mol. The number of rotatable bonds is 7. The van der Waals surface area contributed by atoms with Crippen LogP contribution in [0.4, 0.5) is 8.78 Å². The van der Waals surface area contributed by atoms with Crippen molar-refractivity contribution in [2.45, 2.75) is 20.0 Å². The zero-order valence-electron chi connectivity index (χ0n) is 17.6. The molecule has 168 valence electrons. The number of aromatic nitrogens is 3. The summed E-state index contributed by atoms with van der Waals surface area (Å²) in [6.07, 6.45) is 5.23. The van der Waals surface area contributed by atoms with Gasteiger partial charge in [-0.05, 0) is 48.4 Å². The molecule has 0 N–H and O–H groups in total. The number of imidazole rings is 1. The Morgan fingerprint density at radius 2 is 1.79 bits per heavy atom. The van der Waals surface area contributed by atoms with Crippen molar-refractivity contribution in [1.29, 1.82) is 0 Å². The molecule has 7 nitrogen and oxygen atoms in total. The highest BCUT2D eigenvalue weighted by atomic mass is 19.1. The lowest BCUT2D eigenvalue weighted by atomic mass is 10.2. The monoisotopic (exact) mass is 451 g/mol. The molecule has 2 aromatic carbocycles. The first kappa shape index (κ1) is 20.7. The molecule has 9 heteroatoms. The van der Waals surface area contributed by atoms with Gasteiger partial charge in [-0.15, -0.1) is 0 Å². The second-order valence-corrected chi connectivity index (χ2v) is 7.22. The molecule has 33 heavy (non-hydrogen) atoms. The standard InChI is InChI=1S/C24H19F2N3O4/c1-2-18-21(25)23(30-12-15-3-8-19-20(11-15)32-14-31-19)28-24(22(18)26)33-17-6-4-16(5-7-17)29-10-9-27-13-29/h3-11,13H,2,12,14H2,1H3. The van der Waals surface area contributed by atoms with E-state index in [-0.39, 0.29) is 37.1 Å². The third-order valence-corrected chi connectivity index (χ3v) is 5.13. The van der Waals surface area contributed by atoms with E-state index < -0.39 is 11.6 Å². The van der Waals surface area contributed by atoms with Crippen LogP contribution in [-0.4, -0.2) is 21.3 Å². The molecule has 2 aromatic heterocycles. The van der Waals surface area contributed by atoms with Gasteiger partial charge in [-0.1, -0.05) is 13.0 Å². The first-order valence-corrected chi connectivity index (χ1v) is 10.3. The SMILES string of the molecule is CCc1c(F)c(OCc2ccc3c(c2)OCO3)nc(Oc2ccc(-n3ccnc3)cc2)c1F. The molecule has 0 saturated heterocycles. The minimum atomic E-state index is -0.857. The van der Waals surface area contributed by atoms with Crippen LogP contribution in [-0.2, 0) is 13.0 Å². The Labute approximate surface area is 188 Å². The van der Waals surface area contributed by atoms with E-state index in [0.29, 0.717) is 17.2 Å². The van der Waals surface area contributed by atoms with Crippen molar-refractivity contribution in [3.8, 4) is 34.7 Å². The van der Waals surface area contributed by atoms with E-state index in [1.807, 2.05) is 4.57 Å². The highest BCUT2D eigenvalue weighted by Crippen LogP contribution is 2.34. The van der Waals surface area contributed by atoms with Crippen LogP contribution in [0.5, 0.6) is 29.0 Å². The summed E-state index contributed by atoms with van der Waals surface area (Å²) >= 11 is 0. The topological polar surface area (TPSA) is 67.6 Å². The van der Waals surface area contributed by atoms with E-state index in [4.69, 9.17) is 18.9 Å². The predicted octanol–water partition coefficient (Wildman–Crippen LogP) is 5.21. The van der Waals surface area contributed by atoms with Gasteiger partial charge >= 0.3 is 0 Å². The van der Waals surface area contributed by atoms with Crippen LogP contribution in [0.2, 0.25) is 0 Å². The van der Waals surface area contributed by atoms with Gasteiger partial charge in [0.05, 0.1) is 6.33 Å².